The highest BCUT2D eigenvalue weighted by Crippen LogP contribution is 2.27. The van der Waals surface area contributed by atoms with E-state index in [1.807, 2.05) is 36.4 Å². The molecule has 0 aromatic heterocycles. The van der Waals surface area contributed by atoms with Gasteiger partial charge in [-0.1, -0.05) is 102 Å². The van der Waals surface area contributed by atoms with Crippen molar-refractivity contribution in [1.29, 1.82) is 0 Å². The molecule has 0 unspecified atom stereocenters. The minimum atomic E-state index is 0.0805. The number of unbranched alkanes of at least 4 members (excludes halogenated alkanes) is 8. The second-order valence-corrected chi connectivity index (χ2v) is 11.5. The van der Waals surface area contributed by atoms with Gasteiger partial charge in [-0.2, -0.15) is 0 Å². The number of benzene rings is 3. The molecule has 3 rings (SSSR count). The highest BCUT2D eigenvalue weighted by Gasteiger charge is 2.10. The van der Waals surface area contributed by atoms with Crippen LogP contribution in [0.3, 0.4) is 0 Å². The molecule has 38 heavy (non-hydrogen) atoms. The Labute approximate surface area is 235 Å². The molecule has 0 saturated heterocycles. The first kappa shape index (κ1) is 30.0. The van der Waals surface area contributed by atoms with E-state index in [4.69, 9.17) is 4.74 Å². The second kappa shape index (κ2) is 17.1. The normalized spacial score (nSPS) is 11.9. The third-order valence-corrected chi connectivity index (χ3v) is 7.99. The zero-order valence-corrected chi connectivity index (χ0v) is 24.5. The number of carbonyl (C=O) groups excluding carboxylic acids is 1. The largest absolute Gasteiger partial charge is 0.491 e. The molecule has 3 aromatic carbocycles. The van der Waals surface area contributed by atoms with Crippen LogP contribution < -0.4 is 4.74 Å². The molecule has 0 radical (unpaired) electrons. The molecular formula is C35H46O2S. The van der Waals surface area contributed by atoms with E-state index < -0.39 is 0 Å². The van der Waals surface area contributed by atoms with E-state index >= 15 is 0 Å². The lowest BCUT2D eigenvalue weighted by atomic mass is 10.0. The van der Waals surface area contributed by atoms with Crippen LogP contribution in [0.15, 0.2) is 77.7 Å². The highest BCUT2D eigenvalue weighted by molar-refractivity contribution is 8.14. The summed E-state index contributed by atoms with van der Waals surface area (Å²) in [5.41, 5.74) is 4.32. The maximum atomic E-state index is 12.8. The van der Waals surface area contributed by atoms with Crippen LogP contribution in [0, 0.1) is 0 Å². The molecule has 0 fully saturated rings. The predicted molar refractivity (Wildman–Crippen MR) is 164 cm³/mol. The second-order valence-electron chi connectivity index (χ2n) is 10.4. The van der Waals surface area contributed by atoms with E-state index in [1.165, 1.54) is 81.5 Å². The van der Waals surface area contributed by atoms with Crippen LogP contribution >= 0.6 is 11.8 Å². The van der Waals surface area contributed by atoms with Crippen molar-refractivity contribution in [2.24, 2.45) is 0 Å². The number of aryl methyl sites for hydroxylation is 1. The first-order valence-corrected chi connectivity index (χ1v) is 15.6. The monoisotopic (exact) mass is 530 g/mol. The van der Waals surface area contributed by atoms with Crippen molar-refractivity contribution in [3.63, 3.8) is 0 Å². The lowest BCUT2D eigenvalue weighted by molar-refractivity contribution is 0.108. The SMILES string of the molecule is CCCCCCCCc1ccc(SC(=O)c2ccc(-c3ccc(O[C@@H](C)CCCCCC)cc3)cc2)cc1. The molecule has 0 spiro atoms. The average molecular weight is 531 g/mol. The van der Waals surface area contributed by atoms with E-state index in [2.05, 4.69) is 57.2 Å². The third kappa shape index (κ3) is 10.7. The number of ether oxygens (including phenoxy) is 1. The predicted octanol–water partition coefficient (Wildman–Crippen LogP) is 10.9. The molecule has 0 aliphatic heterocycles. The summed E-state index contributed by atoms with van der Waals surface area (Å²) in [5, 5.41) is 0.0805. The summed E-state index contributed by atoms with van der Waals surface area (Å²) >= 11 is 1.30. The van der Waals surface area contributed by atoms with Crippen LogP contribution in [0.2, 0.25) is 0 Å². The van der Waals surface area contributed by atoms with Crippen LogP contribution in [0.1, 0.15) is 107 Å². The van der Waals surface area contributed by atoms with Crippen LogP contribution in [0.5, 0.6) is 5.75 Å². The maximum Gasteiger partial charge on any atom is 0.224 e. The molecule has 2 nitrogen and oxygen atoms in total. The molecule has 204 valence electrons. The highest BCUT2D eigenvalue weighted by atomic mass is 32.2. The summed E-state index contributed by atoms with van der Waals surface area (Å²) in [7, 11) is 0. The van der Waals surface area contributed by atoms with Gasteiger partial charge in [-0.25, -0.2) is 0 Å². The first-order chi connectivity index (χ1) is 18.6. The lowest BCUT2D eigenvalue weighted by Crippen LogP contribution is -2.11. The van der Waals surface area contributed by atoms with E-state index in [1.54, 1.807) is 0 Å². The summed E-state index contributed by atoms with van der Waals surface area (Å²) < 4.78 is 6.09. The summed E-state index contributed by atoms with van der Waals surface area (Å²) in [4.78, 5) is 13.9. The van der Waals surface area contributed by atoms with Crippen molar-refractivity contribution in [3.8, 4) is 16.9 Å². The van der Waals surface area contributed by atoms with E-state index in [0.717, 1.165) is 40.2 Å². The van der Waals surface area contributed by atoms with Crippen molar-refractivity contribution in [3.05, 3.63) is 83.9 Å². The molecule has 0 heterocycles. The van der Waals surface area contributed by atoms with Crippen LogP contribution in [-0.4, -0.2) is 11.2 Å². The van der Waals surface area contributed by atoms with Gasteiger partial charge in [0.2, 0.25) is 5.12 Å². The van der Waals surface area contributed by atoms with Gasteiger partial charge in [-0.3, -0.25) is 4.79 Å². The summed E-state index contributed by atoms with van der Waals surface area (Å²) in [6, 6.07) is 24.7. The van der Waals surface area contributed by atoms with Crippen LogP contribution in [-0.2, 0) is 6.42 Å². The fourth-order valence-corrected chi connectivity index (χ4v) is 5.41. The first-order valence-electron chi connectivity index (χ1n) is 14.8. The molecule has 0 aliphatic carbocycles. The van der Waals surface area contributed by atoms with Crippen molar-refractivity contribution >= 4 is 16.9 Å². The molecule has 0 bridgehead atoms. The van der Waals surface area contributed by atoms with Crippen molar-refractivity contribution in [1.82, 2.24) is 0 Å². The lowest BCUT2D eigenvalue weighted by Gasteiger charge is -2.15. The molecule has 0 amide bonds. The van der Waals surface area contributed by atoms with Crippen molar-refractivity contribution in [2.75, 3.05) is 0 Å². The number of hydrogen-bond acceptors (Lipinski definition) is 3. The Morgan fingerprint density at radius 2 is 1.24 bits per heavy atom. The summed E-state index contributed by atoms with van der Waals surface area (Å²) in [6.07, 6.45) is 15.4. The minimum absolute atomic E-state index is 0.0805. The van der Waals surface area contributed by atoms with Gasteiger partial charge < -0.3 is 4.74 Å². The van der Waals surface area contributed by atoms with Gasteiger partial charge in [0.25, 0.3) is 0 Å². The maximum absolute atomic E-state index is 12.8. The van der Waals surface area contributed by atoms with Crippen molar-refractivity contribution in [2.45, 2.75) is 109 Å². The number of carbonyl (C=O) groups is 1. The third-order valence-electron chi connectivity index (χ3n) is 7.06. The molecule has 0 aliphatic rings. The van der Waals surface area contributed by atoms with Gasteiger partial charge in [0.1, 0.15) is 5.75 Å². The number of rotatable bonds is 17. The van der Waals surface area contributed by atoms with Crippen LogP contribution in [0.4, 0.5) is 0 Å². The average Bonchev–Trinajstić information content (AvgIpc) is 2.94. The van der Waals surface area contributed by atoms with Gasteiger partial charge in [0, 0.05) is 10.5 Å². The van der Waals surface area contributed by atoms with Crippen LogP contribution in [0.25, 0.3) is 11.1 Å². The van der Waals surface area contributed by atoms with Gasteiger partial charge in [0.15, 0.2) is 0 Å². The minimum Gasteiger partial charge on any atom is -0.491 e. The van der Waals surface area contributed by atoms with Gasteiger partial charge >= 0.3 is 0 Å². The quantitative estimate of drug-likeness (QED) is 0.128. The van der Waals surface area contributed by atoms with Gasteiger partial charge in [-0.05, 0) is 97.5 Å². The Bertz CT molecular complexity index is 1050. The van der Waals surface area contributed by atoms with Gasteiger partial charge in [-0.15, -0.1) is 0 Å². The summed E-state index contributed by atoms with van der Waals surface area (Å²) in [5.74, 6) is 0.915. The van der Waals surface area contributed by atoms with E-state index in [0.29, 0.717) is 0 Å². The molecule has 3 heteroatoms. The Kier molecular flexibility index (Phi) is 13.5. The van der Waals surface area contributed by atoms with E-state index in [9.17, 15) is 4.79 Å². The molecule has 0 N–H and O–H groups in total. The zero-order chi connectivity index (χ0) is 27.0. The zero-order valence-electron chi connectivity index (χ0n) is 23.7. The molecule has 1 atom stereocenters. The fourth-order valence-electron chi connectivity index (χ4n) is 4.67. The van der Waals surface area contributed by atoms with Crippen molar-refractivity contribution < 1.29 is 9.53 Å². The number of thioether (sulfide) groups is 1. The summed E-state index contributed by atoms with van der Waals surface area (Å²) in [6.45, 7) is 6.65. The van der Waals surface area contributed by atoms with E-state index in [-0.39, 0.29) is 11.2 Å². The Morgan fingerprint density at radius 3 is 1.87 bits per heavy atom. The standard InChI is InChI=1S/C35H46O2S/c1-4-6-8-10-11-13-15-29-16-26-34(27-17-29)38-35(36)32-20-18-30(19-21-32)31-22-24-33(25-23-31)37-28(3)14-12-9-7-5-2/h16-28H,4-15H2,1-3H3/t28-/m0/s1. The fraction of sp³-hybridized carbons (Fsp3) is 0.457. The Morgan fingerprint density at radius 1 is 0.684 bits per heavy atom. The Hall–Kier alpha value is -2.52. The topological polar surface area (TPSA) is 26.3 Å². The molecule has 3 aromatic rings. The van der Waals surface area contributed by atoms with Gasteiger partial charge in [0.05, 0.1) is 6.10 Å². The smallest absolute Gasteiger partial charge is 0.224 e. The number of hydrogen-bond donors (Lipinski definition) is 0. The molecule has 0 saturated carbocycles. The Balaban J connectivity index is 1.45. The molecular weight excluding hydrogens is 484 g/mol.